The lowest BCUT2D eigenvalue weighted by molar-refractivity contribution is -0.137. The van der Waals surface area contributed by atoms with E-state index >= 15 is 0 Å². The van der Waals surface area contributed by atoms with Crippen molar-refractivity contribution in [3.05, 3.63) is 95.6 Å². The van der Waals surface area contributed by atoms with Gasteiger partial charge >= 0.3 is 6.18 Å². The molecule has 3 aromatic rings. The zero-order chi connectivity index (χ0) is 24.1. The van der Waals surface area contributed by atoms with Crippen LogP contribution < -0.4 is 9.62 Å². The summed E-state index contributed by atoms with van der Waals surface area (Å²) in [5.74, 6) is -0.626. The third-order valence-electron chi connectivity index (χ3n) is 4.94. The van der Waals surface area contributed by atoms with Gasteiger partial charge in [-0.1, -0.05) is 54.1 Å². The molecule has 9 heteroatoms. The number of alkyl halides is 3. The van der Waals surface area contributed by atoms with Crippen LogP contribution in [0.2, 0.25) is 0 Å². The summed E-state index contributed by atoms with van der Waals surface area (Å²) >= 11 is 0. The van der Waals surface area contributed by atoms with Gasteiger partial charge in [0, 0.05) is 6.54 Å². The first-order chi connectivity index (χ1) is 15.6. The van der Waals surface area contributed by atoms with Gasteiger partial charge in [0.1, 0.15) is 6.54 Å². The van der Waals surface area contributed by atoms with E-state index in [9.17, 15) is 26.4 Å². The molecule has 0 atom stereocenters. The van der Waals surface area contributed by atoms with Gasteiger partial charge in [0.05, 0.1) is 16.1 Å². The number of halogens is 3. The molecular formula is C24H23F3N2O3S. The maximum absolute atomic E-state index is 13.3. The van der Waals surface area contributed by atoms with Crippen molar-refractivity contribution in [1.82, 2.24) is 5.32 Å². The molecule has 0 aromatic heterocycles. The van der Waals surface area contributed by atoms with Crippen molar-refractivity contribution in [2.24, 2.45) is 0 Å². The number of carbonyl (C=O) groups is 1. The van der Waals surface area contributed by atoms with E-state index in [4.69, 9.17) is 0 Å². The van der Waals surface area contributed by atoms with Gasteiger partial charge in [0.25, 0.3) is 10.0 Å². The Labute approximate surface area is 190 Å². The molecule has 0 saturated heterocycles. The Hall–Kier alpha value is -3.33. The molecule has 1 amide bonds. The second-order valence-corrected chi connectivity index (χ2v) is 9.32. The lowest BCUT2D eigenvalue weighted by Gasteiger charge is -2.25. The SMILES string of the molecule is Cc1ccc(S(=O)(=O)N(CC(=O)NCCc2ccccc2)c2cccc(C(F)(F)F)c2)cc1. The standard InChI is InChI=1S/C24H23F3N2O3S/c1-18-10-12-22(13-11-18)33(31,32)29(21-9-5-8-20(16-21)24(25,26)27)17-23(30)28-15-14-19-6-3-2-4-7-19/h2-13,16H,14-15,17H2,1H3,(H,28,30). The number of amides is 1. The number of hydrogen-bond acceptors (Lipinski definition) is 3. The molecule has 0 aliphatic carbocycles. The van der Waals surface area contributed by atoms with Crippen LogP contribution in [0.15, 0.2) is 83.8 Å². The van der Waals surface area contributed by atoms with E-state index < -0.39 is 34.2 Å². The highest BCUT2D eigenvalue weighted by molar-refractivity contribution is 7.92. The van der Waals surface area contributed by atoms with Crippen LogP contribution in [0.3, 0.4) is 0 Å². The molecule has 0 bridgehead atoms. The van der Waals surface area contributed by atoms with Gasteiger partial charge in [-0.3, -0.25) is 9.10 Å². The molecule has 1 N–H and O–H groups in total. The minimum atomic E-state index is -4.66. The summed E-state index contributed by atoms with van der Waals surface area (Å²) in [6.45, 7) is 1.37. The zero-order valence-electron chi connectivity index (χ0n) is 17.8. The van der Waals surface area contributed by atoms with Crippen LogP contribution in [-0.4, -0.2) is 27.4 Å². The molecule has 3 aromatic carbocycles. The molecule has 0 saturated carbocycles. The van der Waals surface area contributed by atoms with Crippen LogP contribution in [0.5, 0.6) is 0 Å². The van der Waals surface area contributed by atoms with E-state index in [1.54, 1.807) is 19.1 Å². The van der Waals surface area contributed by atoms with Crippen molar-refractivity contribution in [1.29, 1.82) is 0 Å². The highest BCUT2D eigenvalue weighted by Crippen LogP contribution is 2.33. The summed E-state index contributed by atoms with van der Waals surface area (Å²) in [5.41, 5.74) is 0.551. The lowest BCUT2D eigenvalue weighted by Crippen LogP contribution is -2.41. The number of carbonyl (C=O) groups excluding carboxylic acids is 1. The Morgan fingerprint density at radius 2 is 1.61 bits per heavy atom. The van der Waals surface area contributed by atoms with Crippen LogP contribution in [0, 0.1) is 6.92 Å². The van der Waals surface area contributed by atoms with E-state index in [1.807, 2.05) is 30.3 Å². The smallest absolute Gasteiger partial charge is 0.354 e. The van der Waals surface area contributed by atoms with Crippen LogP contribution in [0.25, 0.3) is 0 Å². The number of benzene rings is 3. The van der Waals surface area contributed by atoms with Crippen molar-refractivity contribution in [3.63, 3.8) is 0 Å². The largest absolute Gasteiger partial charge is 0.416 e. The van der Waals surface area contributed by atoms with Crippen LogP contribution in [-0.2, 0) is 27.4 Å². The second kappa shape index (κ2) is 10.1. The molecule has 33 heavy (non-hydrogen) atoms. The summed E-state index contributed by atoms with van der Waals surface area (Å²) in [6, 6.07) is 19.2. The number of nitrogens with zero attached hydrogens (tertiary/aromatic N) is 1. The molecule has 0 spiro atoms. The molecular weight excluding hydrogens is 453 g/mol. The minimum Gasteiger partial charge on any atom is -0.354 e. The lowest BCUT2D eigenvalue weighted by atomic mass is 10.1. The van der Waals surface area contributed by atoms with Crippen LogP contribution in [0.1, 0.15) is 16.7 Å². The fourth-order valence-corrected chi connectivity index (χ4v) is 4.58. The first kappa shape index (κ1) is 24.3. The maximum Gasteiger partial charge on any atom is 0.416 e. The quantitative estimate of drug-likeness (QED) is 0.518. The van der Waals surface area contributed by atoms with Crippen molar-refractivity contribution in [2.45, 2.75) is 24.4 Å². The molecule has 0 aliphatic heterocycles. The Morgan fingerprint density at radius 1 is 0.939 bits per heavy atom. The Balaban J connectivity index is 1.87. The molecule has 0 radical (unpaired) electrons. The third kappa shape index (κ3) is 6.35. The van der Waals surface area contributed by atoms with Crippen LogP contribution >= 0.6 is 0 Å². The summed E-state index contributed by atoms with van der Waals surface area (Å²) in [6.07, 6.45) is -4.13. The molecule has 174 valence electrons. The first-order valence-corrected chi connectivity index (χ1v) is 11.6. The monoisotopic (exact) mass is 476 g/mol. The summed E-state index contributed by atoms with van der Waals surface area (Å²) in [4.78, 5) is 12.5. The fraction of sp³-hybridized carbons (Fsp3) is 0.208. The number of sulfonamides is 1. The fourth-order valence-electron chi connectivity index (χ4n) is 3.17. The van der Waals surface area contributed by atoms with Crippen molar-refractivity contribution in [3.8, 4) is 0 Å². The second-order valence-electron chi connectivity index (χ2n) is 7.46. The normalized spacial score (nSPS) is 11.8. The summed E-state index contributed by atoms with van der Waals surface area (Å²) in [7, 11) is -4.30. The van der Waals surface area contributed by atoms with E-state index in [0.29, 0.717) is 10.7 Å². The third-order valence-corrected chi connectivity index (χ3v) is 6.72. The number of nitrogens with one attached hydrogen (secondary N) is 1. The number of rotatable bonds is 8. The van der Waals surface area contributed by atoms with Gasteiger partial charge in [-0.15, -0.1) is 0 Å². The Kier molecular flexibility index (Phi) is 7.43. The van der Waals surface area contributed by atoms with E-state index in [2.05, 4.69) is 5.32 Å². The summed E-state index contributed by atoms with van der Waals surface area (Å²) in [5, 5.41) is 2.64. The predicted molar refractivity (Wildman–Crippen MR) is 120 cm³/mol. The van der Waals surface area contributed by atoms with Gasteiger partial charge in [0.15, 0.2) is 0 Å². The van der Waals surface area contributed by atoms with Crippen molar-refractivity contribution in [2.75, 3.05) is 17.4 Å². The van der Waals surface area contributed by atoms with Crippen molar-refractivity contribution < 1.29 is 26.4 Å². The Morgan fingerprint density at radius 3 is 2.24 bits per heavy atom. The van der Waals surface area contributed by atoms with Crippen molar-refractivity contribution >= 4 is 21.6 Å². The maximum atomic E-state index is 13.3. The molecule has 5 nitrogen and oxygen atoms in total. The molecule has 0 aliphatic rings. The number of aryl methyl sites for hydroxylation is 1. The molecule has 0 fully saturated rings. The van der Waals surface area contributed by atoms with Gasteiger partial charge in [-0.05, 0) is 49.2 Å². The molecule has 0 heterocycles. The van der Waals surface area contributed by atoms with Gasteiger partial charge in [0.2, 0.25) is 5.91 Å². The van der Waals surface area contributed by atoms with Crippen LogP contribution in [0.4, 0.5) is 18.9 Å². The summed E-state index contributed by atoms with van der Waals surface area (Å²) < 4.78 is 67.0. The highest BCUT2D eigenvalue weighted by Gasteiger charge is 2.33. The molecule has 3 rings (SSSR count). The van der Waals surface area contributed by atoms with Gasteiger partial charge in [-0.2, -0.15) is 13.2 Å². The zero-order valence-corrected chi connectivity index (χ0v) is 18.7. The van der Waals surface area contributed by atoms with E-state index in [-0.39, 0.29) is 17.1 Å². The average molecular weight is 477 g/mol. The number of anilines is 1. The first-order valence-electron chi connectivity index (χ1n) is 10.1. The minimum absolute atomic E-state index is 0.123. The highest BCUT2D eigenvalue weighted by atomic mass is 32.2. The number of hydrogen-bond donors (Lipinski definition) is 1. The molecule has 0 unspecified atom stereocenters. The average Bonchev–Trinajstić information content (AvgIpc) is 2.78. The van der Waals surface area contributed by atoms with E-state index in [1.165, 1.54) is 18.2 Å². The topological polar surface area (TPSA) is 66.5 Å². The van der Waals surface area contributed by atoms with E-state index in [0.717, 1.165) is 29.3 Å². The Bertz CT molecular complexity index is 1200. The van der Waals surface area contributed by atoms with Gasteiger partial charge < -0.3 is 5.32 Å². The van der Waals surface area contributed by atoms with Gasteiger partial charge in [-0.25, -0.2) is 8.42 Å². The predicted octanol–water partition coefficient (Wildman–Crippen LogP) is 4.57.